The minimum Gasteiger partial charge on any atom is -0.481 e. The topological polar surface area (TPSA) is 82.7 Å². The van der Waals surface area contributed by atoms with Gasteiger partial charge in [0.1, 0.15) is 10.5 Å². The Labute approximate surface area is 272 Å². The van der Waals surface area contributed by atoms with Crippen LogP contribution in [0.5, 0.6) is 0 Å². The van der Waals surface area contributed by atoms with Crippen molar-refractivity contribution in [3.05, 3.63) is 80.8 Å². The van der Waals surface area contributed by atoms with Gasteiger partial charge >= 0.3 is 5.97 Å². The van der Waals surface area contributed by atoms with Crippen molar-refractivity contribution in [3.63, 3.8) is 0 Å². The van der Waals surface area contributed by atoms with Crippen molar-refractivity contribution < 1.29 is 14.3 Å². The van der Waals surface area contributed by atoms with Gasteiger partial charge in [0, 0.05) is 42.1 Å². The van der Waals surface area contributed by atoms with E-state index < -0.39 is 5.97 Å². The SMILES string of the molecule is Cc1c(-c2nc3cc(CN4CCC(C(=O)O)C4)cc(Cl)c3o2)cccc1-c1cccc(-c2nc3c(s2)C(C)(C)N(C)CC3)c1C. The smallest absolute Gasteiger partial charge is 0.307 e. The zero-order valence-electron chi connectivity index (χ0n) is 26.3. The van der Waals surface area contributed by atoms with Gasteiger partial charge in [-0.15, -0.1) is 11.3 Å². The number of benzene rings is 3. The lowest BCUT2D eigenvalue weighted by Crippen LogP contribution is -2.43. The van der Waals surface area contributed by atoms with E-state index in [0.29, 0.717) is 41.5 Å². The average Bonchev–Trinajstić information content (AvgIpc) is 3.75. The number of rotatable bonds is 6. The van der Waals surface area contributed by atoms with E-state index in [0.717, 1.165) is 52.3 Å². The van der Waals surface area contributed by atoms with E-state index in [-0.39, 0.29) is 11.5 Å². The van der Waals surface area contributed by atoms with Crippen LogP contribution in [0.15, 0.2) is 52.9 Å². The Bertz CT molecular complexity index is 1960. The van der Waals surface area contributed by atoms with E-state index in [9.17, 15) is 9.90 Å². The second kappa shape index (κ2) is 11.4. The van der Waals surface area contributed by atoms with Crippen molar-refractivity contribution in [1.82, 2.24) is 19.8 Å². The van der Waals surface area contributed by atoms with Gasteiger partial charge in [0.15, 0.2) is 5.58 Å². The first-order valence-corrected chi connectivity index (χ1v) is 16.7. The van der Waals surface area contributed by atoms with Crippen LogP contribution < -0.4 is 0 Å². The second-order valence-electron chi connectivity index (χ2n) is 13.0. The van der Waals surface area contributed by atoms with Crippen molar-refractivity contribution in [2.24, 2.45) is 5.92 Å². The third kappa shape index (κ3) is 5.27. The summed E-state index contributed by atoms with van der Waals surface area (Å²) in [7, 11) is 2.19. The minimum atomic E-state index is -0.731. The first-order valence-electron chi connectivity index (χ1n) is 15.5. The van der Waals surface area contributed by atoms with Crippen LogP contribution in [0.1, 0.15) is 47.5 Å². The van der Waals surface area contributed by atoms with Crippen LogP contribution in [-0.2, 0) is 23.3 Å². The number of hydrogen-bond acceptors (Lipinski definition) is 7. The fourth-order valence-electron chi connectivity index (χ4n) is 6.85. The molecule has 1 unspecified atom stereocenters. The zero-order valence-corrected chi connectivity index (χ0v) is 27.8. The molecular formula is C36H37ClN4O3S. The summed E-state index contributed by atoms with van der Waals surface area (Å²) < 4.78 is 6.28. The molecule has 2 aliphatic rings. The van der Waals surface area contributed by atoms with Crippen LogP contribution in [-0.4, -0.2) is 57.5 Å². The van der Waals surface area contributed by atoms with E-state index in [1.807, 2.05) is 29.5 Å². The van der Waals surface area contributed by atoms with Gasteiger partial charge in [0.05, 0.1) is 22.2 Å². The van der Waals surface area contributed by atoms with Crippen molar-refractivity contribution in [2.75, 3.05) is 26.7 Å². The molecule has 1 saturated heterocycles. The lowest BCUT2D eigenvalue weighted by atomic mass is 9.91. The predicted octanol–water partition coefficient (Wildman–Crippen LogP) is 8.19. The van der Waals surface area contributed by atoms with E-state index >= 15 is 0 Å². The molecule has 2 aliphatic heterocycles. The third-order valence-electron chi connectivity index (χ3n) is 9.84. The summed E-state index contributed by atoms with van der Waals surface area (Å²) >= 11 is 8.52. The van der Waals surface area contributed by atoms with Gasteiger partial charge in [0.2, 0.25) is 5.89 Å². The number of hydrogen-bond donors (Lipinski definition) is 1. The van der Waals surface area contributed by atoms with Crippen molar-refractivity contribution >= 4 is 40.0 Å². The highest BCUT2D eigenvalue weighted by atomic mass is 35.5. The number of likely N-dealkylation sites (N-methyl/N-ethyl adjacent to an activating group) is 1. The maximum atomic E-state index is 11.4. The molecule has 7 rings (SSSR count). The molecule has 5 aromatic rings. The molecular weight excluding hydrogens is 604 g/mol. The van der Waals surface area contributed by atoms with E-state index in [4.69, 9.17) is 26.0 Å². The summed E-state index contributed by atoms with van der Waals surface area (Å²) in [4.78, 5) is 27.4. The number of aliphatic carboxylic acids is 1. The first kappa shape index (κ1) is 30.1. The summed E-state index contributed by atoms with van der Waals surface area (Å²) in [6.45, 7) is 11.8. The number of halogens is 1. The molecule has 0 amide bonds. The van der Waals surface area contributed by atoms with Crippen molar-refractivity contribution in [1.29, 1.82) is 0 Å². The fraction of sp³-hybridized carbons (Fsp3) is 0.361. The summed E-state index contributed by atoms with van der Waals surface area (Å²) in [5.41, 5.74) is 10.1. The van der Waals surface area contributed by atoms with Gasteiger partial charge in [-0.3, -0.25) is 14.6 Å². The number of carbonyl (C=O) groups is 1. The largest absolute Gasteiger partial charge is 0.481 e. The molecule has 0 aliphatic carbocycles. The molecule has 7 nitrogen and oxygen atoms in total. The molecule has 0 spiro atoms. The number of carboxylic acids is 1. The number of thiazole rings is 1. The van der Waals surface area contributed by atoms with Crippen LogP contribution in [0.2, 0.25) is 5.02 Å². The molecule has 3 aromatic carbocycles. The molecule has 0 saturated carbocycles. The van der Waals surface area contributed by atoms with Gasteiger partial charge in [-0.2, -0.15) is 0 Å². The van der Waals surface area contributed by atoms with Crippen LogP contribution in [0.4, 0.5) is 0 Å². The Morgan fingerprint density at radius 3 is 2.44 bits per heavy atom. The number of fused-ring (bicyclic) bond motifs is 2. The molecule has 0 bridgehead atoms. The molecule has 4 heterocycles. The number of aromatic nitrogens is 2. The maximum Gasteiger partial charge on any atom is 0.307 e. The van der Waals surface area contributed by atoms with E-state index in [2.05, 4.69) is 74.9 Å². The lowest BCUT2D eigenvalue weighted by molar-refractivity contribution is -0.141. The van der Waals surface area contributed by atoms with Crippen molar-refractivity contribution in [2.45, 2.75) is 52.6 Å². The number of nitrogens with zero attached hydrogens (tertiary/aromatic N) is 4. The van der Waals surface area contributed by atoms with Crippen LogP contribution in [0, 0.1) is 19.8 Å². The Hall–Kier alpha value is -3.56. The Kier molecular flexibility index (Phi) is 7.60. The van der Waals surface area contributed by atoms with E-state index in [1.54, 1.807) is 0 Å². The summed E-state index contributed by atoms with van der Waals surface area (Å²) in [6.07, 6.45) is 1.64. The summed E-state index contributed by atoms with van der Waals surface area (Å²) in [5.74, 6) is -0.516. The average molecular weight is 641 g/mol. The summed E-state index contributed by atoms with van der Waals surface area (Å²) in [6, 6.07) is 16.6. The highest BCUT2D eigenvalue weighted by molar-refractivity contribution is 7.15. The van der Waals surface area contributed by atoms with Crippen LogP contribution in [0.3, 0.4) is 0 Å². The standard InChI is InChI=1S/C36H37ClN4O3S/c1-20-24(25-9-7-11-27(21(25)2)34-39-29-13-14-40(5)36(3,4)32(29)45-34)8-6-10-26(20)33-38-30-17-22(16-28(37)31(30)44-33)18-41-15-12-23(19-41)35(42)43/h6-11,16-17,23H,12-15,18-19H2,1-5H3,(H,42,43). The van der Waals surface area contributed by atoms with Crippen LogP contribution >= 0.6 is 22.9 Å². The molecule has 0 radical (unpaired) electrons. The minimum absolute atomic E-state index is 0.0270. The second-order valence-corrected chi connectivity index (χ2v) is 14.4. The molecule has 2 aromatic heterocycles. The van der Waals surface area contributed by atoms with Crippen molar-refractivity contribution in [3.8, 4) is 33.2 Å². The molecule has 9 heteroatoms. The Morgan fingerprint density at radius 1 is 1.04 bits per heavy atom. The predicted molar refractivity (Wildman–Crippen MR) is 181 cm³/mol. The van der Waals surface area contributed by atoms with Gasteiger partial charge in [0.25, 0.3) is 0 Å². The van der Waals surface area contributed by atoms with Gasteiger partial charge < -0.3 is 9.52 Å². The van der Waals surface area contributed by atoms with Gasteiger partial charge in [-0.05, 0) is 93.7 Å². The van der Waals surface area contributed by atoms with Crippen LogP contribution in [0.25, 0.3) is 44.3 Å². The highest BCUT2D eigenvalue weighted by Gasteiger charge is 2.35. The monoisotopic (exact) mass is 640 g/mol. The van der Waals surface area contributed by atoms with Gasteiger partial charge in [-0.1, -0.05) is 41.9 Å². The molecule has 1 N–H and O–H groups in total. The Morgan fingerprint density at radius 2 is 1.73 bits per heavy atom. The number of likely N-dealkylation sites (tertiary alicyclic amines) is 1. The molecule has 45 heavy (non-hydrogen) atoms. The summed E-state index contributed by atoms with van der Waals surface area (Å²) in [5, 5.41) is 11.0. The zero-order chi connectivity index (χ0) is 31.6. The molecule has 232 valence electrons. The third-order valence-corrected chi connectivity index (χ3v) is 11.6. The fourth-order valence-corrected chi connectivity index (χ4v) is 8.48. The first-order chi connectivity index (χ1) is 21.5. The molecule has 1 fully saturated rings. The van der Waals surface area contributed by atoms with E-state index in [1.165, 1.54) is 21.7 Å². The maximum absolute atomic E-state index is 11.4. The quantitative estimate of drug-likeness (QED) is 0.200. The number of oxazole rings is 1. The number of carboxylic acid groups (broad SMARTS) is 1. The molecule has 1 atom stereocenters. The lowest BCUT2D eigenvalue weighted by Gasteiger charge is -2.38. The highest BCUT2D eigenvalue weighted by Crippen LogP contribution is 2.43. The Balaban J connectivity index is 1.22. The normalized spacial score (nSPS) is 18.5. The van der Waals surface area contributed by atoms with Gasteiger partial charge in [-0.25, -0.2) is 9.97 Å².